The number of fused-ring (bicyclic) bond motifs is 1. The fourth-order valence-corrected chi connectivity index (χ4v) is 1.99. The van der Waals surface area contributed by atoms with Gasteiger partial charge in [-0.3, -0.25) is 0 Å². The van der Waals surface area contributed by atoms with Gasteiger partial charge in [-0.2, -0.15) is 4.98 Å². The topological polar surface area (TPSA) is 56.7 Å². The Kier molecular flexibility index (Phi) is 2.49. The van der Waals surface area contributed by atoms with Crippen LogP contribution in [0.1, 0.15) is 5.76 Å². The SMILES string of the molecule is Clc1nc(Cl)c2ncn(Cc3ccco3)c2n1. The molecule has 86 valence electrons. The molecule has 0 atom stereocenters. The molecule has 0 aliphatic heterocycles. The Balaban J connectivity index is 2.11. The molecular formula is C10H6Cl2N4O. The number of hydrogen-bond acceptors (Lipinski definition) is 4. The summed E-state index contributed by atoms with van der Waals surface area (Å²) in [6, 6.07) is 3.69. The molecule has 0 aliphatic carbocycles. The normalized spacial score (nSPS) is 11.2. The van der Waals surface area contributed by atoms with E-state index in [0.717, 1.165) is 5.76 Å². The summed E-state index contributed by atoms with van der Waals surface area (Å²) >= 11 is 11.7. The maximum atomic E-state index is 5.92. The number of halogens is 2. The maximum Gasteiger partial charge on any atom is 0.225 e. The van der Waals surface area contributed by atoms with Crippen LogP contribution in [0.5, 0.6) is 0 Å². The minimum absolute atomic E-state index is 0.101. The van der Waals surface area contributed by atoms with E-state index in [0.29, 0.717) is 17.7 Å². The number of imidazole rings is 1. The highest BCUT2D eigenvalue weighted by Crippen LogP contribution is 2.21. The molecule has 0 aliphatic rings. The van der Waals surface area contributed by atoms with Crippen molar-refractivity contribution in [1.82, 2.24) is 19.5 Å². The van der Waals surface area contributed by atoms with Crippen molar-refractivity contribution >= 4 is 34.4 Å². The van der Waals surface area contributed by atoms with Crippen molar-refractivity contribution in [2.45, 2.75) is 6.54 Å². The van der Waals surface area contributed by atoms with E-state index >= 15 is 0 Å². The van der Waals surface area contributed by atoms with Crippen LogP contribution in [0.2, 0.25) is 10.4 Å². The predicted molar refractivity (Wildman–Crippen MR) is 63.2 cm³/mol. The fraction of sp³-hybridized carbons (Fsp3) is 0.100. The van der Waals surface area contributed by atoms with Gasteiger partial charge in [0.05, 0.1) is 19.1 Å². The number of rotatable bonds is 2. The number of furan rings is 1. The minimum Gasteiger partial charge on any atom is -0.467 e. The lowest BCUT2D eigenvalue weighted by Gasteiger charge is -2.00. The molecule has 3 aromatic rings. The summed E-state index contributed by atoms with van der Waals surface area (Å²) in [6.45, 7) is 0.521. The lowest BCUT2D eigenvalue weighted by Crippen LogP contribution is -1.98. The van der Waals surface area contributed by atoms with Gasteiger partial charge in [0, 0.05) is 0 Å². The van der Waals surface area contributed by atoms with Crippen molar-refractivity contribution in [1.29, 1.82) is 0 Å². The first-order valence-corrected chi connectivity index (χ1v) is 5.56. The van der Waals surface area contributed by atoms with Gasteiger partial charge in [0.25, 0.3) is 0 Å². The Morgan fingerprint density at radius 1 is 1.29 bits per heavy atom. The minimum atomic E-state index is 0.101. The van der Waals surface area contributed by atoms with Gasteiger partial charge in [-0.15, -0.1) is 0 Å². The van der Waals surface area contributed by atoms with E-state index in [1.807, 2.05) is 12.1 Å². The molecule has 0 unspecified atom stereocenters. The van der Waals surface area contributed by atoms with Gasteiger partial charge in [0.2, 0.25) is 5.28 Å². The molecule has 7 heteroatoms. The smallest absolute Gasteiger partial charge is 0.225 e. The summed E-state index contributed by atoms with van der Waals surface area (Å²) in [5.41, 5.74) is 1.12. The molecule has 0 bridgehead atoms. The van der Waals surface area contributed by atoms with Crippen LogP contribution < -0.4 is 0 Å². The third kappa shape index (κ3) is 1.87. The van der Waals surface area contributed by atoms with Crippen LogP contribution in [0.4, 0.5) is 0 Å². The quantitative estimate of drug-likeness (QED) is 0.530. The molecule has 0 N–H and O–H groups in total. The molecule has 3 heterocycles. The summed E-state index contributed by atoms with van der Waals surface area (Å²) in [5, 5.41) is 0.349. The van der Waals surface area contributed by atoms with Gasteiger partial charge >= 0.3 is 0 Å². The average Bonchev–Trinajstić information content (AvgIpc) is 2.89. The van der Waals surface area contributed by atoms with Crippen LogP contribution in [0, 0.1) is 0 Å². The fourth-order valence-electron chi connectivity index (χ4n) is 1.57. The largest absolute Gasteiger partial charge is 0.467 e. The van der Waals surface area contributed by atoms with E-state index in [1.54, 1.807) is 17.2 Å². The average molecular weight is 269 g/mol. The van der Waals surface area contributed by atoms with Crippen molar-refractivity contribution in [3.05, 3.63) is 40.9 Å². The Labute approximate surface area is 106 Å². The first-order chi connectivity index (χ1) is 8.24. The first-order valence-electron chi connectivity index (χ1n) is 4.80. The highest BCUT2D eigenvalue weighted by molar-refractivity contribution is 6.35. The third-order valence-electron chi connectivity index (χ3n) is 2.30. The zero-order valence-corrected chi connectivity index (χ0v) is 9.98. The summed E-state index contributed by atoms with van der Waals surface area (Å²) < 4.78 is 7.06. The van der Waals surface area contributed by atoms with Gasteiger partial charge < -0.3 is 8.98 Å². The summed E-state index contributed by atoms with van der Waals surface area (Å²) in [6.07, 6.45) is 3.24. The first kappa shape index (κ1) is 10.6. The Hall–Kier alpha value is -1.59. The standard InChI is InChI=1S/C10H6Cl2N4O/c11-8-7-9(15-10(12)14-8)16(5-13-7)4-6-2-1-3-17-6/h1-3,5H,4H2. The molecule has 0 fully saturated rings. The maximum absolute atomic E-state index is 5.92. The van der Waals surface area contributed by atoms with Crippen LogP contribution in [0.15, 0.2) is 29.1 Å². The van der Waals surface area contributed by atoms with E-state index in [9.17, 15) is 0 Å². The molecule has 0 saturated carbocycles. The van der Waals surface area contributed by atoms with Gasteiger partial charge in [-0.25, -0.2) is 9.97 Å². The summed E-state index contributed by atoms with van der Waals surface area (Å²) in [4.78, 5) is 12.1. The number of hydrogen-bond donors (Lipinski definition) is 0. The highest BCUT2D eigenvalue weighted by Gasteiger charge is 2.11. The lowest BCUT2D eigenvalue weighted by atomic mass is 10.4. The molecule has 3 rings (SSSR count). The van der Waals surface area contributed by atoms with Gasteiger partial charge in [-0.05, 0) is 23.7 Å². The second-order valence-corrected chi connectivity index (χ2v) is 4.10. The highest BCUT2D eigenvalue weighted by atomic mass is 35.5. The van der Waals surface area contributed by atoms with Crippen molar-refractivity contribution < 1.29 is 4.42 Å². The van der Waals surface area contributed by atoms with Gasteiger partial charge in [-0.1, -0.05) is 11.6 Å². The molecule has 5 nitrogen and oxygen atoms in total. The second-order valence-electron chi connectivity index (χ2n) is 3.41. The number of nitrogens with zero attached hydrogens (tertiary/aromatic N) is 4. The molecule has 0 spiro atoms. The van der Waals surface area contributed by atoms with E-state index in [-0.39, 0.29) is 10.4 Å². The van der Waals surface area contributed by atoms with E-state index in [1.165, 1.54) is 0 Å². The molecule has 0 radical (unpaired) electrons. The lowest BCUT2D eigenvalue weighted by molar-refractivity contribution is 0.495. The van der Waals surface area contributed by atoms with E-state index < -0.39 is 0 Å². The van der Waals surface area contributed by atoms with Crippen molar-refractivity contribution in [3.8, 4) is 0 Å². The van der Waals surface area contributed by atoms with Gasteiger partial charge in [0.1, 0.15) is 11.3 Å². The second kappa shape index (κ2) is 4.01. The van der Waals surface area contributed by atoms with Crippen molar-refractivity contribution in [3.63, 3.8) is 0 Å². The van der Waals surface area contributed by atoms with Crippen LogP contribution in [-0.4, -0.2) is 19.5 Å². The summed E-state index contributed by atoms with van der Waals surface area (Å²) in [7, 11) is 0. The molecular weight excluding hydrogens is 263 g/mol. The van der Waals surface area contributed by atoms with Crippen molar-refractivity contribution in [2.75, 3.05) is 0 Å². The van der Waals surface area contributed by atoms with Gasteiger partial charge in [0.15, 0.2) is 10.8 Å². The van der Waals surface area contributed by atoms with Crippen LogP contribution in [-0.2, 0) is 6.54 Å². The Bertz CT molecular complexity index is 662. The van der Waals surface area contributed by atoms with E-state index in [2.05, 4.69) is 15.0 Å². The molecule has 0 amide bonds. The van der Waals surface area contributed by atoms with Crippen LogP contribution in [0.3, 0.4) is 0 Å². The van der Waals surface area contributed by atoms with Crippen LogP contribution >= 0.6 is 23.2 Å². The Morgan fingerprint density at radius 3 is 2.94 bits per heavy atom. The Morgan fingerprint density at radius 2 is 2.18 bits per heavy atom. The van der Waals surface area contributed by atoms with E-state index in [4.69, 9.17) is 27.6 Å². The third-order valence-corrected chi connectivity index (χ3v) is 2.73. The molecule has 17 heavy (non-hydrogen) atoms. The van der Waals surface area contributed by atoms with Crippen molar-refractivity contribution in [2.24, 2.45) is 0 Å². The summed E-state index contributed by atoms with van der Waals surface area (Å²) in [5.74, 6) is 0.801. The monoisotopic (exact) mass is 268 g/mol. The van der Waals surface area contributed by atoms with Crippen LogP contribution in [0.25, 0.3) is 11.2 Å². The molecule has 0 saturated heterocycles. The zero-order valence-electron chi connectivity index (χ0n) is 8.47. The zero-order chi connectivity index (χ0) is 11.8. The molecule has 0 aromatic carbocycles. The molecule has 3 aromatic heterocycles. The number of aromatic nitrogens is 4. The predicted octanol–water partition coefficient (Wildman–Crippen LogP) is 2.77.